The number of aromatic nitrogens is 2. The summed E-state index contributed by atoms with van der Waals surface area (Å²) >= 11 is 5.96. The van der Waals surface area contributed by atoms with Gasteiger partial charge in [0.15, 0.2) is 0 Å². The first-order chi connectivity index (χ1) is 9.13. The molecule has 0 saturated heterocycles. The van der Waals surface area contributed by atoms with E-state index in [1.807, 2.05) is 37.7 Å². The van der Waals surface area contributed by atoms with Gasteiger partial charge < -0.3 is 14.6 Å². The highest BCUT2D eigenvalue weighted by Crippen LogP contribution is 2.24. The van der Waals surface area contributed by atoms with Crippen LogP contribution in [0.4, 0.5) is 0 Å². The minimum Gasteiger partial charge on any atom is -0.485 e. The van der Waals surface area contributed by atoms with Crippen molar-refractivity contribution in [3.63, 3.8) is 0 Å². The Balaban J connectivity index is 2.17. The molecule has 0 spiro atoms. The number of benzene rings is 1. The van der Waals surface area contributed by atoms with E-state index in [0.29, 0.717) is 11.8 Å². The molecule has 0 radical (unpaired) electrons. The SMILES string of the molecule is CNCc1cccc(C)c1OCc1ncc(Cl)n1C. The molecule has 5 heteroatoms. The van der Waals surface area contributed by atoms with Gasteiger partial charge in [0, 0.05) is 19.2 Å². The van der Waals surface area contributed by atoms with Gasteiger partial charge in [0.05, 0.1) is 6.20 Å². The van der Waals surface area contributed by atoms with Crippen molar-refractivity contribution < 1.29 is 4.74 Å². The van der Waals surface area contributed by atoms with Crippen LogP contribution in [0.15, 0.2) is 24.4 Å². The van der Waals surface area contributed by atoms with Crippen LogP contribution in [-0.2, 0) is 20.2 Å². The Hall–Kier alpha value is -1.52. The molecule has 1 N–H and O–H groups in total. The number of rotatable bonds is 5. The number of ether oxygens (including phenoxy) is 1. The van der Waals surface area contributed by atoms with Gasteiger partial charge in [0.1, 0.15) is 23.3 Å². The Labute approximate surface area is 118 Å². The number of hydrogen-bond donors (Lipinski definition) is 1. The number of hydrogen-bond acceptors (Lipinski definition) is 3. The predicted octanol–water partition coefficient (Wildman–Crippen LogP) is 2.68. The van der Waals surface area contributed by atoms with Crippen LogP contribution >= 0.6 is 11.6 Å². The highest BCUT2D eigenvalue weighted by Gasteiger charge is 2.09. The van der Waals surface area contributed by atoms with Crippen molar-refractivity contribution in [3.8, 4) is 5.75 Å². The van der Waals surface area contributed by atoms with Gasteiger partial charge >= 0.3 is 0 Å². The molecule has 0 fully saturated rings. The van der Waals surface area contributed by atoms with Crippen LogP contribution in [0.25, 0.3) is 0 Å². The fourth-order valence-corrected chi connectivity index (χ4v) is 2.09. The van der Waals surface area contributed by atoms with E-state index in [-0.39, 0.29) is 0 Å². The minimum atomic E-state index is 0.408. The van der Waals surface area contributed by atoms with Crippen LogP contribution in [0.5, 0.6) is 5.75 Å². The Morgan fingerprint density at radius 1 is 1.42 bits per heavy atom. The minimum absolute atomic E-state index is 0.408. The second-order valence-corrected chi connectivity index (χ2v) is 4.83. The number of para-hydroxylation sites is 1. The third kappa shape index (κ3) is 3.08. The fraction of sp³-hybridized carbons (Fsp3) is 0.357. The fourth-order valence-electron chi connectivity index (χ4n) is 1.94. The van der Waals surface area contributed by atoms with Crippen LogP contribution in [0.2, 0.25) is 5.15 Å². The maximum atomic E-state index is 5.96. The number of nitrogens with one attached hydrogen (secondary N) is 1. The summed E-state index contributed by atoms with van der Waals surface area (Å²) in [6, 6.07) is 6.14. The van der Waals surface area contributed by atoms with Crippen LogP contribution in [0.3, 0.4) is 0 Å². The van der Waals surface area contributed by atoms with E-state index in [0.717, 1.165) is 29.2 Å². The predicted molar refractivity (Wildman–Crippen MR) is 76.5 cm³/mol. The average Bonchev–Trinajstić information content (AvgIpc) is 2.70. The van der Waals surface area contributed by atoms with Crippen molar-refractivity contribution in [2.24, 2.45) is 7.05 Å². The van der Waals surface area contributed by atoms with E-state index < -0.39 is 0 Å². The van der Waals surface area contributed by atoms with Crippen LogP contribution in [0, 0.1) is 6.92 Å². The third-order valence-electron chi connectivity index (χ3n) is 3.03. The number of nitrogens with zero attached hydrogens (tertiary/aromatic N) is 2. The van der Waals surface area contributed by atoms with Crippen molar-refractivity contribution in [2.45, 2.75) is 20.1 Å². The molecule has 1 heterocycles. The number of aryl methyl sites for hydroxylation is 1. The van der Waals surface area contributed by atoms with Crippen molar-refractivity contribution in [3.05, 3.63) is 46.5 Å². The number of halogens is 1. The van der Waals surface area contributed by atoms with E-state index in [4.69, 9.17) is 16.3 Å². The zero-order valence-electron chi connectivity index (χ0n) is 11.4. The molecule has 4 nitrogen and oxygen atoms in total. The summed E-state index contributed by atoms with van der Waals surface area (Å²) in [6.45, 7) is 3.23. The molecule has 0 atom stereocenters. The first-order valence-electron chi connectivity index (χ1n) is 6.15. The summed E-state index contributed by atoms with van der Waals surface area (Å²) in [5.41, 5.74) is 2.26. The summed E-state index contributed by atoms with van der Waals surface area (Å²) in [6.07, 6.45) is 1.63. The monoisotopic (exact) mass is 279 g/mol. The largest absolute Gasteiger partial charge is 0.485 e. The molecule has 1 aromatic carbocycles. The Kier molecular flexibility index (Phi) is 4.45. The van der Waals surface area contributed by atoms with Gasteiger partial charge in [-0.1, -0.05) is 29.8 Å². The Morgan fingerprint density at radius 2 is 2.21 bits per heavy atom. The molecule has 0 unspecified atom stereocenters. The summed E-state index contributed by atoms with van der Waals surface area (Å²) in [5, 5.41) is 3.75. The van der Waals surface area contributed by atoms with Crippen molar-refractivity contribution in [2.75, 3.05) is 7.05 Å². The first-order valence-corrected chi connectivity index (χ1v) is 6.53. The van der Waals surface area contributed by atoms with Gasteiger partial charge in [-0.2, -0.15) is 0 Å². The molecule has 0 amide bonds. The maximum absolute atomic E-state index is 5.96. The third-order valence-corrected chi connectivity index (χ3v) is 3.39. The Bertz CT molecular complexity index is 566. The Morgan fingerprint density at radius 3 is 2.84 bits per heavy atom. The highest BCUT2D eigenvalue weighted by molar-refractivity contribution is 6.29. The summed E-state index contributed by atoms with van der Waals surface area (Å²) in [7, 11) is 3.80. The first kappa shape index (κ1) is 13.9. The molecule has 0 aliphatic carbocycles. The van der Waals surface area contributed by atoms with Gasteiger partial charge in [0.2, 0.25) is 0 Å². The van der Waals surface area contributed by atoms with Crippen LogP contribution in [0.1, 0.15) is 17.0 Å². The molecule has 102 valence electrons. The van der Waals surface area contributed by atoms with Crippen molar-refractivity contribution >= 4 is 11.6 Å². The van der Waals surface area contributed by atoms with Gasteiger partial charge in [-0.25, -0.2) is 4.98 Å². The molecular weight excluding hydrogens is 262 g/mol. The molecule has 2 rings (SSSR count). The number of imidazole rings is 1. The quantitative estimate of drug-likeness (QED) is 0.915. The van der Waals surface area contributed by atoms with Crippen LogP contribution in [-0.4, -0.2) is 16.6 Å². The lowest BCUT2D eigenvalue weighted by atomic mass is 10.1. The zero-order chi connectivity index (χ0) is 13.8. The lowest BCUT2D eigenvalue weighted by Gasteiger charge is -2.14. The standard InChI is InChI=1S/C14H18ClN3O/c1-10-5-4-6-11(7-16-2)14(10)19-9-13-17-8-12(15)18(13)3/h4-6,8,16H,7,9H2,1-3H3. The molecular formula is C14H18ClN3O. The average molecular weight is 280 g/mol. The second-order valence-electron chi connectivity index (χ2n) is 4.44. The van der Waals surface area contributed by atoms with E-state index in [2.05, 4.69) is 16.4 Å². The summed E-state index contributed by atoms with van der Waals surface area (Å²) in [4.78, 5) is 4.23. The van der Waals surface area contributed by atoms with Crippen molar-refractivity contribution in [1.82, 2.24) is 14.9 Å². The summed E-state index contributed by atoms with van der Waals surface area (Å²) < 4.78 is 7.74. The molecule has 0 aliphatic rings. The lowest BCUT2D eigenvalue weighted by molar-refractivity contribution is 0.286. The van der Waals surface area contributed by atoms with E-state index in [1.54, 1.807) is 6.20 Å². The van der Waals surface area contributed by atoms with E-state index >= 15 is 0 Å². The van der Waals surface area contributed by atoms with Gasteiger partial charge in [-0.3, -0.25) is 0 Å². The molecule has 1 aromatic heterocycles. The second kappa shape index (κ2) is 6.08. The highest BCUT2D eigenvalue weighted by atomic mass is 35.5. The van der Waals surface area contributed by atoms with E-state index in [9.17, 15) is 0 Å². The van der Waals surface area contributed by atoms with Crippen LogP contribution < -0.4 is 10.1 Å². The zero-order valence-corrected chi connectivity index (χ0v) is 12.2. The molecule has 2 aromatic rings. The lowest BCUT2D eigenvalue weighted by Crippen LogP contribution is -2.10. The normalized spacial score (nSPS) is 10.7. The van der Waals surface area contributed by atoms with E-state index in [1.165, 1.54) is 0 Å². The molecule has 0 saturated carbocycles. The molecule has 19 heavy (non-hydrogen) atoms. The van der Waals surface area contributed by atoms with Gasteiger partial charge in [0.25, 0.3) is 0 Å². The maximum Gasteiger partial charge on any atom is 0.147 e. The smallest absolute Gasteiger partial charge is 0.147 e. The topological polar surface area (TPSA) is 39.1 Å². The van der Waals surface area contributed by atoms with Gasteiger partial charge in [-0.05, 0) is 19.5 Å². The summed E-state index contributed by atoms with van der Waals surface area (Å²) in [5.74, 6) is 1.72. The molecule has 0 aliphatic heterocycles. The van der Waals surface area contributed by atoms with Crippen molar-refractivity contribution in [1.29, 1.82) is 0 Å². The van der Waals surface area contributed by atoms with Gasteiger partial charge in [-0.15, -0.1) is 0 Å². The molecule has 0 bridgehead atoms.